The van der Waals surface area contributed by atoms with Crippen LogP contribution >= 0.6 is 27.5 Å². The highest BCUT2D eigenvalue weighted by Crippen LogP contribution is 2.23. The minimum absolute atomic E-state index is 0.118. The van der Waals surface area contributed by atoms with Crippen LogP contribution in [-0.2, 0) is 4.79 Å². The number of hydrogen-bond donors (Lipinski definition) is 1. The highest BCUT2D eigenvalue weighted by atomic mass is 79.9. The molecule has 0 aromatic heterocycles. The molecule has 23 heavy (non-hydrogen) atoms. The number of ether oxygens (including phenoxy) is 1. The predicted molar refractivity (Wildman–Crippen MR) is 93.6 cm³/mol. The molecule has 6 heteroatoms. The molecular formula is C17H16BrClFNO2. The number of aryl methyl sites for hydroxylation is 1. The minimum Gasteiger partial charge on any atom is -0.481 e. The molecule has 0 spiro atoms. The summed E-state index contributed by atoms with van der Waals surface area (Å²) in [5, 5.41) is 3.18. The molecule has 0 heterocycles. The molecule has 0 saturated carbocycles. The maximum absolute atomic E-state index is 13.8. The molecule has 2 rings (SSSR count). The lowest BCUT2D eigenvalue weighted by Crippen LogP contribution is -2.32. The van der Waals surface area contributed by atoms with Gasteiger partial charge in [0.25, 0.3) is 5.91 Å². The van der Waals surface area contributed by atoms with Crippen LogP contribution in [0.3, 0.4) is 0 Å². The highest BCUT2D eigenvalue weighted by molar-refractivity contribution is 9.10. The van der Waals surface area contributed by atoms with Crippen LogP contribution in [0.2, 0.25) is 5.02 Å². The second-order valence-corrected chi connectivity index (χ2v) is 6.36. The van der Waals surface area contributed by atoms with Gasteiger partial charge in [0.2, 0.25) is 0 Å². The first-order chi connectivity index (χ1) is 10.9. The maximum atomic E-state index is 13.8. The van der Waals surface area contributed by atoms with E-state index in [2.05, 4.69) is 21.2 Å². The fourth-order valence-electron chi connectivity index (χ4n) is 1.98. The van der Waals surface area contributed by atoms with Gasteiger partial charge in [-0.3, -0.25) is 4.79 Å². The van der Waals surface area contributed by atoms with Crippen molar-refractivity contribution in [2.75, 3.05) is 5.32 Å². The van der Waals surface area contributed by atoms with E-state index in [-0.39, 0.29) is 5.69 Å². The Bertz CT molecular complexity index is 724. The summed E-state index contributed by atoms with van der Waals surface area (Å²) >= 11 is 9.14. The van der Waals surface area contributed by atoms with Crippen molar-refractivity contribution in [1.29, 1.82) is 0 Å². The molecule has 2 aromatic carbocycles. The fraction of sp³-hybridized carbons (Fsp3) is 0.235. The van der Waals surface area contributed by atoms with E-state index < -0.39 is 17.8 Å². The highest BCUT2D eigenvalue weighted by Gasteiger charge is 2.20. The predicted octanol–water partition coefficient (Wildman–Crippen LogP) is 5.35. The van der Waals surface area contributed by atoms with Crippen molar-refractivity contribution in [3.63, 3.8) is 0 Å². The lowest BCUT2D eigenvalue weighted by molar-refractivity contribution is -0.122. The molecule has 3 nitrogen and oxygen atoms in total. The molecule has 122 valence electrons. The number of anilines is 1. The van der Waals surface area contributed by atoms with Gasteiger partial charge in [-0.1, -0.05) is 34.5 Å². The van der Waals surface area contributed by atoms with Crippen LogP contribution in [0.25, 0.3) is 0 Å². The maximum Gasteiger partial charge on any atom is 0.265 e. The monoisotopic (exact) mass is 399 g/mol. The second kappa shape index (κ2) is 7.79. The third kappa shape index (κ3) is 4.69. The Hall–Kier alpha value is -1.59. The van der Waals surface area contributed by atoms with Crippen LogP contribution in [0.5, 0.6) is 5.75 Å². The smallest absolute Gasteiger partial charge is 0.265 e. The van der Waals surface area contributed by atoms with Gasteiger partial charge in [-0.25, -0.2) is 4.39 Å². The van der Waals surface area contributed by atoms with Gasteiger partial charge in [-0.2, -0.15) is 0 Å². The van der Waals surface area contributed by atoms with E-state index in [1.807, 2.05) is 13.8 Å². The van der Waals surface area contributed by atoms with Crippen LogP contribution in [0.1, 0.15) is 18.9 Å². The van der Waals surface area contributed by atoms with Crippen LogP contribution in [0.15, 0.2) is 40.9 Å². The van der Waals surface area contributed by atoms with Gasteiger partial charge in [0.15, 0.2) is 6.10 Å². The third-order valence-electron chi connectivity index (χ3n) is 3.26. The Labute approximate surface area is 147 Å². The van der Waals surface area contributed by atoms with Gasteiger partial charge in [0.05, 0.1) is 5.69 Å². The largest absolute Gasteiger partial charge is 0.481 e. The van der Waals surface area contributed by atoms with Crippen LogP contribution < -0.4 is 10.1 Å². The number of hydrogen-bond acceptors (Lipinski definition) is 2. The van der Waals surface area contributed by atoms with Gasteiger partial charge in [-0.15, -0.1) is 0 Å². The molecule has 0 saturated heterocycles. The Kier molecular flexibility index (Phi) is 6.02. The summed E-state index contributed by atoms with van der Waals surface area (Å²) in [7, 11) is 0. The van der Waals surface area contributed by atoms with E-state index in [9.17, 15) is 9.18 Å². The van der Waals surface area contributed by atoms with Crippen molar-refractivity contribution in [2.45, 2.75) is 26.4 Å². The van der Waals surface area contributed by atoms with Crippen molar-refractivity contribution in [1.82, 2.24) is 0 Å². The van der Waals surface area contributed by atoms with Crippen molar-refractivity contribution in [3.05, 3.63) is 57.3 Å². The fourth-order valence-corrected chi connectivity index (χ4v) is 2.43. The van der Waals surface area contributed by atoms with Gasteiger partial charge in [-0.05, 0) is 55.3 Å². The van der Waals surface area contributed by atoms with Gasteiger partial charge in [0, 0.05) is 9.50 Å². The standard InChI is InChI=1S/C17H16BrClFNO2/c1-3-16(23-12-5-6-13(19)10(2)8-12)17(22)21-15-7-4-11(18)9-14(15)20/h4-9,16H,3H2,1-2H3,(H,21,22)/t16-/m0/s1. The SMILES string of the molecule is CC[C@H](Oc1ccc(Cl)c(C)c1)C(=O)Nc1ccc(Br)cc1F. The van der Waals surface area contributed by atoms with E-state index in [4.69, 9.17) is 16.3 Å². The number of carbonyl (C=O) groups is 1. The van der Waals surface area contributed by atoms with E-state index >= 15 is 0 Å². The van der Waals surface area contributed by atoms with Crippen molar-refractivity contribution >= 4 is 39.1 Å². The van der Waals surface area contributed by atoms with Crippen LogP contribution in [0.4, 0.5) is 10.1 Å². The number of rotatable bonds is 5. The Morgan fingerprint density at radius 2 is 2.09 bits per heavy atom. The molecule has 0 aliphatic heterocycles. The first-order valence-corrected chi connectivity index (χ1v) is 8.26. The summed E-state index contributed by atoms with van der Waals surface area (Å²) in [4.78, 5) is 12.3. The van der Waals surface area contributed by atoms with E-state index in [1.165, 1.54) is 12.1 Å². The van der Waals surface area contributed by atoms with Crippen LogP contribution in [-0.4, -0.2) is 12.0 Å². The van der Waals surface area contributed by atoms with Crippen molar-refractivity contribution < 1.29 is 13.9 Å². The molecule has 1 atom stereocenters. The third-order valence-corrected chi connectivity index (χ3v) is 4.18. The number of halogens is 3. The molecule has 1 N–H and O–H groups in total. The lowest BCUT2D eigenvalue weighted by Gasteiger charge is -2.18. The summed E-state index contributed by atoms with van der Waals surface area (Å²) in [5.74, 6) is -0.364. The van der Waals surface area contributed by atoms with Gasteiger partial charge < -0.3 is 10.1 Å². The normalized spacial score (nSPS) is 11.9. The molecular weight excluding hydrogens is 385 g/mol. The molecule has 0 unspecified atom stereocenters. The minimum atomic E-state index is -0.723. The summed E-state index contributed by atoms with van der Waals surface area (Å²) in [6.07, 6.45) is -0.273. The van der Waals surface area contributed by atoms with E-state index in [0.29, 0.717) is 21.7 Å². The average Bonchev–Trinajstić information content (AvgIpc) is 2.51. The quantitative estimate of drug-likeness (QED) is 0.735. The molecule has 2 aromatic rings. The number of amides is 1. The molecule has 1 amide bonds. The van der Waals surface area contributed by atoms with Gasteiger partial charge in [0.1, 0.15) is 11.6 Å². The first kappa shape index (κ1) is 17.8. The molecule has 0 fully saturated rings. The Balaban J connectivity index is 2.10. The number of carbonyl (C=O) groups excluding carboxylic acids is 1. The molecule has 0 bridgehead atoms. The summed E-state index contributed by atoms with van der Waals surface area (Å²) in [5.41, 5.74) is 0.978. The molecule has 0 aliphatic carbocycles. The van der Waals surface area contributed by atoms with Crippen molar-refractivity contribution in [2.24, 2.45) is 0 Å². The summed E-state index contributed by atoms with van der Waals surface area (Å²) in [6, 6.07) is 9.62. The Morgan fingerprint density at radius 3 is 2.70 bits per heavy atom. The summed E-state index contributed by atoms with van der Waals surface area (Å²) < 4.78 is 20.1. The lowest BCUT2D eigenvalue weighted by atomic mass is 10.2. The topological polar surface area (TPSA) is 38.3 Å². The summed E-state index contributed by atoms with van der Waals surface area (Å²) in [6.45, 7) is 3.68. The zero-order chi connectivity index (χ0) is 17.0. The van der Waals surface area contributed by atoms with Gasteiger partial charge >= 0.3 is 0 Å². The molecule has 0 radical (unpaired) electrons. The van der Waals surface area contributed by atoms with Crippen molar-refractivity contribution in [3.8, 4) is 5.75 Å². The average molecular weight is 401 g/mol. The van der Waals surface area contributed by atoms with Crippen LogP contribution in [0, 0.1) is 12.7 Å². The van der Waals surface area contributed by atoms with E-state index in [0.717, 1.165) is 5.56 Å². The second-order valence-electron chi connectivity index (χ2n) is 5.04. The zero-order valence-corrected chi connectivity index (χ0v) is 15.0. The first-order valence-electron chi connectivity index (χ1n) is 7.09. The number of nitrogens with one attached hydrogen (secondary N) is 1. The zero-order valence-electron chi connectivity index (χ0n) is 12.7. The Morgan fingerprint density at radius 1 is 1.35 bits per heavy atom. The van der Waals surface area contributed by atoms with E-state index in [1.54, 1.807) is 24.3 Å². The number of benzene rings is 2. The molecule has 0 aliphatic rings.